The molecule has 0 radical (unpaired) electrons. The minimum Gasteiger partial charge on any atom is -0.330 e. The standard InChI is InChI=1S/C12H25N/c1-5-7-10(2)12(4)11(3)8-6-9-13/h11-12H,2,5-9,13H2,1,3-4H3. The molecular formula is C12H25N. The van der Waals surface area contributed by atoms with Crippen LogP contribution in [0.2, 0.25) is 0 Å². The zero-order valence-corrected chi connectivity index (χ0v) is 9.47. The Labute approximate surface area is 83.4 Å². The van der Waals surface area contributed by atoms with Gasteiger partial charge in [-0.15, -0.1) is 0 Å². The van der Waals surface area contributed by atoms with Crippen LogP contribution in [-0.2, 0) is 0 Å². The number of hydrogen-bond donors (Lipinski definition) is 1. The zero-order chi connectivity index (χ0) is 10.3. The van der Waals surface area contributed by atoms with E-state index in [1.54, 1.807) is 0 Å². The molecule has 2 unspecified atom stereocenters. The van der Waals surface area contributed by atoms with Crippen molar-refractivity contribution in [1.29, 1.82) is 0 Å². The molecule has 0 aromatic heterocycles. The summed E-state index contributed by atoms with van der Waals surface area (Å²) in [6, 6.07) is 0. The van der Waals surface area contributed by atoms with Crippen LogP contribution in [-0.4, -0.2) is 6.54 Å². The molecule has 1 heteroatoms. The molecular weight excluding hydrogens is 158 g/mol. The quantitative estimate of drug-likeness (QED) is 0.602. The topological polar surface area (TPSA) is 26.0 Å². The highest BCUT2D eigenvalue weighted by Gasteiger charge is 2.13. The Morgan fingerprint density at radius 3 is 2.46 bits per heavy atom. The first kappa shape index (κ1) is 12.7. The van der Waals surface area contributed by atoms with Gasteiger partial charge < -0.3 is 5.73 Å². The summed E-state index contributed by atoms with van der Waals surface area (Å²) in [6.07, 6.45) is 4.77. The first-order valence-electron chi connectivity index (χ1n) is 5.51. The van der Waals surface area contributed by atoms with Gasteiger partial charge in [-0.2, -0.15) is 0 Å². The fourth-order valence-corrected chi connectivity index (χ4v) is 1.64. The van der Waals surface area contributed by atoms with Gasteiger partial charge >= 0.3 is 0 Å². The molecule has 0 saturated carbocycles. The van der Waals surface area contributed by atoms with Crippen molar-refractivity contribution in [1.82, 2.24) is 0 Å². The van der Waals surface area contributed by atoms with Crippen LogP contribution < -0.4 is 5.73 Å². The van der Waals surface area contributed by atoms with Gasteiger partial charge in [0.25, 0.3) is 0 Å². The average Bonchev–Trinajstić information content (AvgIpc) is 2.13. The lowest BCUT2D eigenvalue weighted by molar-refractivity contribution is 0.394. The lowest BCUT2D eigenvalue weighted by atomic mass is 9.84. The maximum Gasteiger partial charge on any atom is -0.00772 e. The highest BCUT2D eigenvalue weighted by atomic mass is 14.5. The second-order valence-electron chi connectivity index (χ2n) is 4.11. The van der Waals surface area contributed by atoms with E-state index in [1.807, 2.05) is 0 Å². The van der Waals surface area contributed by atoms with Gasteiger partial charge in [0.2, 0.25) is 0 Å². The molecule has 0 aliphatic carbocycles. The molecule has 0 rings (SSSR count). The molecule has 0 spiro atoms. The number of hydrogen-bond acceptors (Lipinski definition) is 1. The SMILES string of the molecule is C=C(CCC)C(C)C(C)CCCN. The van der Waals surface area contributed by atoms with Gasteiger partial charge in [0.15, 0.2) is 0 Å². The van der Waals surface area contributed by atoms with E-state index in [0.717, 1.165) is 18.9 Å². The van der Waals surface area contributed by atoms with E-state index >= 15 is 0 Å². The van der Waals surface area contributed by atoms with Gasteiger partial charge in [-0.1, -0.05) is 39.3 Å². The molecule has 0 aliphatic heterocycles. The van der Waals surface area contributed by atoms with E-state index in [1.165, 1.54) is 24.8 Å². The van der Waals surface area contributed by atoms with Crippen LogP contribution >= 0.6 is 0 Å². The summed E-state index contributed by atoms with van der Waals surface area (Å²) in [5, 5.41) is 0. The molecule has 0 fully saturated rings. The molecule has 0 aliphatic rings. The first-order valence-corrected chi connectivity index (χ1v) is 5.51. The van der Waals surface area contributed by atoms with E-state index < -0.39 is 0 Å². The summed E-state index contributed by atoms with van der Waals surface area (Å²) >= 11 is 0. The molecule has 78 valence electrons. The van der Waals surface area contributed by atoms with Crippen molar-refractivity contribution in [3.63, 3.8) is 0 Å². The zero-order valence-electron chi connectivity index (χ0n) is 9.47. The summed E-state index contributed by atoms with van der Waals surface area (Å²) in [4.78, 5) is 0. The Morgan fingerprint density at radius 1 is 1.38 bits per heavy atom. The minimum atomic E-state index is 0.659. The van der Waals surface area contributed by atoms with Crippen LogP contribution in [0.3, 0.4) is 0 Å². The van der Waals surface area contributed by atoms with Crippen LogP contribution in [0.25, 0.3) is 0 Å². The second kappa shape index (κ2) is 7.14. The maximum absolute atomic E-state index is 5.49. The Hall–Kier alpha value is -0.300. The molecule has 0 saturated heterocycles. The number of allylic oxidation sites excluding steroid dienone is 1. The van der Waals surface area contributed by atoms with Gasteiger partial charge in [-0.05, 0) is 37.6 Å². The predicted octanol–water partition coefficient (Wildman–Crippen LogP) is 3.35. The van der Waals surface area contributed by atoms with Gasteiger partial charge in [0, 0.05) is 0 Å². The van der Waals surface area contributed by atoms with Crippen molar-refractivity contribution in [2.75, 3.05) is 6.54 Å². The molecule has 2 N–H and O–H groups in total. The van der Waals surface area contributed by atoms with E-state index in [4.69, 9.17) is 5.73 Å². The number of nitrogens with two attached hydrogens (primary N) is 1. The normalized spacial score (nSPS) is 15.4. The third kappa shape index (κ3) is 5.09. The van der Waals surface area contributed by atoms with Crippen molar-refractivity contribution >= 4 is 0 Å². The van der Waals surface area contributed by atoms with Crippen molar-refractivity contribution in [2.24, 2.45) is 17.6 Å². The summed E-state index contributed by atoms with van der Waals surface area (Å²) in [5.41, 5.74) is 6.90. The highest BCUT2D eigenvalue weighted by Crippen LogP contribution is 2.25. The molecule has 1 nitrogen and oxygen atoms in total. The molecule has 0 amide bonds. The Bertz CT molecular complexity index is 140. The summed E-state index contributed by atoms with van der Waals surface area (Å²) < 4.78 is 0. The average molecular weight is 183 g/mol. The van der Waals surface area contributed by atoms with Crippen LogP contribution in [0.15, 0.2) is 12.2 Å². The van der Waals surface area contributed by atoms with E-state index in [-0.39, 0.29) is 0 Å². The fourth-order valence-electron chi connectivity index (χ4n) is 1.64. The lowest BCUT2D eigenvalue weighted by Gasteiger charge is -2.21. The van der Waals surface area contributed by atoms with Crippen LogP contribution in [0.5, 0.6) is 0 Å². The third-order valence-corrected chi connectivity index (χ3v) is 2.93. The third-order valence-electron chi connectivity index (χ3n) is 2.93. The Kier molecular flexibility index (Phi) is 6.97. The van der Waals surface area contributed by atoms with Crippen molar-refractivity contribution in [3.8, 4) is 0 Å². The summed E-state index contributed by atoms with van der Waals surface area (Å²) in [5.74, 6) is 1.40. The fraction of sp³-hybridized carbons (Fsp3) is 0.833. The lowest BCUT2D eigenvalue weighted by Crippen LogP contribution is -2.12. The molecule has 2 atom stereocenters. The Balaban J connectivity index is 3.79. The van der Waals surface area contributed by atoms with E-state index in [9.17, 15) is 0 Å². The second-order valence-corrected chi connectivity index (χ2v) is 4.11. The molecule has 13 heavy (non-hydrogen) atoms. The van der Waals surface area contributed by atoms with E-state index in [2.05, 4.69) is 27.4 Å². The molecule has 0 heterocycles. The van der Waals surface area contributed by atoms with E-state index in [0.29, 0.717) is 5.92 Å². The predicted molar refractivity (Wildman–Crippen MR) is 60.7 cm³/mol. The Morgan fingerprint density at radius 2 is 2.00 bits per heavy atom. The highest BCUT2D eigenvalue weighted by molar-refractivity contribution is 5.00. The van der Waals surface area contributed by atoms with Crippen molar-refractivity contribution in [3.05, 3.63) is 12.2 Å². The monoisotopic (exact) mass is 183 g/mol. The molecule has 0 aromatic carbocycles. The van der Waals surface area contributed by atoms with Crippen LogP contribution in [0, 0.1) is 11.8 Å². The van der Waals surface area contributed by atoms with Crippen LogP contribution in [0.1, 0.15) is 46.5 Å². The largest absolute Gasteiger partial charge is 0.330 e. The number of rotatable bonds is 7. The minimum absolute atomic E-state index is 0.659. The first-order chi connectivity index (χ1) is 6.13. The van der Waals surface area contributed by atoms with Gasteiger partial charge in [-0.3, -0.25) is 0 Å². The van der Waals surface area contributed by atoms with Gasteiger partial charge in [0.1, 0.15) is 0 Å². The maximum atomic E-state index is 5.49. The van der Waals surface area contributed by atoms with Crippen molar-refractivity contribution < 1.29 is 0 Å². The van der Waals surface area contributed by atoms with Crippen molar-refractivity contribution in [2.45, 2.75) is 46.5 Å². The molecule has 0 aromatic rings. The van der Waals surface area contributed by atoms with Crippen LogP contribution in [0.4, 0.5) is 0 Å². The summed E-state index contributed by atoms with van der Waals surface area (Å²) in [6.45, 7) is 11.8. The summed E-state index contributed by atoms with van der Waals surface area (Å²) in [7, 11) is 0. The van der Waals surface area contributed by atoms with Gasteiger partial charge in [-0.25, -0.2) is 0 Å². The smallest absolute Gasteiger partial charge is 0.00772 e. The molecule has 0 bridgehead atoms. The van der Waals surface area contributed by atoms with Gasteiger partial charge in [0.05, 0.1) is 0 Å².